The highest BCUT2D eigenvalue weighted by Crippen LogP contribution is 2.38. The van der Waals surface area contributed by atoms with Crippen molar-refractivity contribution in [3.05, 3.63) is 36.2 Å². The van der Waals surface area contributed by atoms with Crippen LogP contribution < -0.4 is 0 Å². The minimum Gasteiger partial charge on any atom is -0.342 e. The van der Waals surface area contributed by atoms with Crippen LogP contribution in [-0.2, 0) is 11.2 Å². The smallest absolute Gasteiger partial charge is 0.232 e. The molecule has 2 fully saturated rings. The SMILES string of the molecule is O=C(CSc1ccncc1)N1CCCC(Cc2nc(C3CC3)no2)C1. The molecule has 2 aliphatic rings. The summed E-state index contributed by atoms with van der Waals surface area (Å²) in [4.78, 5) is 24.1. The topological polar surface area (TPSA) is 72.1 Å². The molecule has 6 nitrogen and oxygen atoms in total. The van der Waals surface area contributed by atoms with Gasteiger partial charge in [-0.15, -0.1) is 11.8 Å². The van der Waals surface area contributed by atoms with E-state index in [4.69, 9.17) is 4.52 Å². The van der Waals surface area contributed by atoms with Gasteiger partial charge in [0.25, 0.3) is 0 Å². The molecular weight excluding hydrogens is 336 g/mol. The predicted octanol–water partition coefficient (Wildman–Crippen LogP) is 2.92. The Kier molecular flexibility index (Phi) is 5.01. The second-order valence-corrected chi connectivity index (χ2v) is 7.89. The molecule has 1 atom stereocenters. The number of pyridine rings is 1. The highest BCUT2D eigenvalue weighted by molar-refractivity contribution is 8.00. The van der Waals surface area contributed by atoms with Crippen molar-refractivity contribution in [2.45, 2.75) is 42.9 Å². The number of rotatable bonds is 6. The number of amides is 1. The van der Waals surface area contributed by atoms with Gasteiger partial charge in [0.15, 0.2) is 5.82 Å². The number of nitrogens with zero attached hydrogens (tertiary/aromatic N) is 4. The minimum atomic E-state index is 0.204. The zero-order chi connectivity index (χ0) is 17.1. The van der Waals surface area contributed by atoms with Crippen molar-refractivity contribution in [2.24, 2.45) is 5.92 Å². The maximum absolute atomic E-state index is 12.5. The Balaban J connectivity index is 1.28. The van der Waals surface area contributed by atoms with Crippen LogP contribution in [-0.4, -0.2) is 44.8 Å². The maximum Gasteiger partial charge on any atom is 0.232 e. The molecule has 0 spiro atoms. The van der Waals surface area contributed by atoms with Gasteiger partial charge in [-0.1, -0.05) is 5.16 Å². The number of carbonyl (C=O) groups is 1. The number of thioether (sulfide) groups is 1. The number of likely N-dealkylation sites (tertiary alicyclic amines) is 1. The molecule has 1 aliphatic carbocycles. The number of carbonyl (C=O) groups excluding carboxylic acids is 1. The van der Waals surface area contributed by atoms with Crippen molar-refractivity contribution >= 4 is 17.7 Å². The summed E-state index contributed by atoms with van der Waals surface area (Å²) in [7, 11) is 0. The Bertz CT molecular complexity index is 717. The standard InChI is InChI=1S/C18H22N4O2S/c23-17(12-25-15-5-7-19-8-6-15)22-9-1-2-13(11-22)10-16-20-18(21-24-16)14-3-4-14/h5-8,13-14H,1-4,9-12H2. The van der Waals surface area contributed by atoms with Crippen molar-refractivity contribution < 1.29 is 9.32 Å². The van der Waals surface area contributed by atoms with Crippen LogP contribution in [0.15, 0.2) is 33.9 Å². The lowest BCUT2D eigenvalue weighted by atomic mass is 9.95. The lowest BCUT2D eigenvalue weighted by Gasteiger charge is -2.32. The molecule has 1 saturated heterocycles. The fourth-order valence-electron chi connectivity index (χ4n) is 3.23. The van der Waals surface area contributed by atoms with Crippen LogP contribution >= 0.6 is 11.8 Å². The van der Waals surface area contributed by atoms with Gasteiger partial charge in [-0.05, 0) is 43.7 Å². The van der Waals surface area contributed by atoms with Crippen LogP contribution in [0.25, 0.3) is 0 Å². The lowest BCUT2D eigenvalue weighted by Crippen LogP contribution is -2.41. The highest BCUT2D eigenvalue weighted by atomic mass is 32.2. The van der Waals surface area contributed by atoms with Gasteiger partial charge in [-0.3, -0.25) is 9.78 Å². The number of piperidine rings is 1. The largest absolute Gasteiger partial charge is 0.342 e. The molecule has 1 saturated carbocycles. The molecule has 1 aliphatic heterocycles. The van der Waals surface area contributed by atoms with Gasteiger partial charge in [-0.2, -0.15) is 4.98 Å². The van der Waals surface area contributed by atoms with Gasteiger partial charge in [0.1, 0.15) is 0 Å². The molecule has 2 aromatic heterocycles. The first-order valence-electron chi connectivity index (χ1n) is 8.91. The van der Waals surface area contributed by atoms with Crippen LogP contribution in [0.4, 0.5) is 0 Å². The van der Waals surface area contributed by atoms with E-state index < -0.39 is 0 Å². The number of hydrogen-bond acceptors (Lipinski definition) is 6. The summed E-state index contributed by atoms with van der Waals surface area (Å²) >= 11 is 1.57. The molecule has 0 aromatic carbocycles. The average Bonchev–Trinajstić information content (AvgIpc) is 3.40. The second-order valence-electron chi connectivity index (χ2n) is 6.84. The normalized spacial score (nSPS) is 20.6. The molecule has 0 N–H and O–H groups in total. The van der Waals surface area contributed by atoms with Gasteiger partial charge < -0.3 is 9.42 Å². The van der Waals surface area contributed by atoms with Crippen molar-refractivity contribution in [3.63, 3.8) is 0 Å². The Hall–Kier alpha value is -1.89. The molecule has 7 heteroatoms. The summed E-state index contributed by atoms with van der Waals surface area (Å²) < 4.78 is 5.40. The Labute approximate surface area is 151 Å². The fourth-order valence-corrected chi connectivity index (χ4v) is 4.02. The molecule has 0 bridgehead atoms. The van der Waals surface area contributed by atoms with E-state index in [0.717, 1.165) is 49.0 Å². The Morgan fingerprint density at radius 2 is 2.12 bits per heavy atom. The molecule has 4 rings (SSSR count). The van der Waals surface area contributed by atoms with E-state index in [1.54, 1.807) is 24.2 Å². The van der Waals surface area contributed by atoms with Crippen LogP contribution in [0.2, 0.25) is 0 Å². The second kappa shape index (κ2) is 7.56. The van der Waals surface area contributed by atoms with E-state index in [-0.39, 0.29) is 5.91 Å². The first-order chi connectivity index (χ1) is 12.3. The molecule has 3 heterocycles. The van der Waals surface area contributed by atoms with Crippen molar-refractivity contribution in [2.75, 3.05) is 18.8 Å². The molecule has 1 unspecified atom stereocenters. The van der Waals surface area contributed by atoms with E-state index in [0.29, 0.717) is 17.6 Å². The Morgan fingerprint density at radius 1 is 1.28 bits per heavy atom. The van der Waals surface area contributed by atoms with E-state index in [1.807, 2.05) is 17.0 Å². The lowest BCUT2D eigenvalue weighted by molar-refractivity contribution is -0.130. The van der Waals surface area contributed by atoms with Gasteiger partial charge in [0.2, 0.25) is 11.8 Å². The zero-order valence-corrected chi connectivity index (χ0v) is 15.0. The van der Waals surface area contributed by atoms with Gasteiger partial charge in [0.05, 0.1) is 5.75 Å². The summed E-state index contributed by atoms with van der Waals surface area (Å²) in [5, 5.41) is 4.09. The van der Waals surface area contributed by atoms with Crippen molar-refractivity contribution in [1.29, 1.82) is 0 Å². The molecule has 2 aromatic rings. The van der Waals surface area contributed by atoms with Crippen LogP contribution in [0, 0.1) is 5.92 Å². The Morgan fingerprint density at radius 3 is 2.92 bits per heavy atom. The number of hydrogen-bond donors (Lipinski definition) is 0. The summed E-state index contributed by atoms with van der Waals surface area (Å²) in [5.41, 5.74) is 0. The van der Waals surface area contributed by atoms with Gasteiger partial charge in [0, 0.05) is 42.7 Å². The van der Waals surface area contributed by atoms with Crippen LogP contribution in [0.1, 0.15) is 43.3 Å². The van der Waals surface area contributed by atoms with Crippen molar-refractivity contribution in [1.82, 2.24) is 20.0 Å². The van der Waals surface area contributed by atoms with Gasteiger partial charge in [-0.25, -0.2) is 0 Å². The maximum atomic E-state index is 12.5. The summed E-state index contributed by atoms with van der Waals surface area (Å²) in [6, 6.07) is 3.87. The minimum absolute atomic E-state index is 0.204. The third kappa shape index (κ3) is 4.39. The fraction of sp³-hybridized carbons (Fsp3) is 0.556. The van der Waals surface area contributed by atoms with E-state index in [1.165, 1.54) is 12.8 Å². The molecular formula is C18H22N4O2S. The quantitative estimate of drug-likeness (QED) is 0.740. The third-order valence-electron chi connectivity index (χ3n) is 4.77. The highest BCUT2D eigenvalue weighted by Gasteiger charge is 2.30. The monoisotopic (exact) mass is 358 g/mol. The summed E-state index contributed by atoms with van der Waals surface area (Å²) in [6.07, 6.45) is 8.80. The van der Waals surface area contributed by atoms with E-state index >= 15 is 0 Å². The first-order valence-corrected chi connectivity index (χ1v) is 9.89. The van der Waals surface area contributed by atoms with Crippen molar-refractivity contribution in [3.8, 4) is 0 Å². The molecule has 132 valence electrons. The average molecular weight is 358 g/mol. The predicted molar refractivity (Wildman–Crippen MR) is 94.2 cm³/mol. The zero-order valence-electron chi connectivity index (χ0n) is 14.1. The molecule has 1 amide bonds. The van der Waals surface area contributed by atoms with E-state index in [9.17, 15) is 4.79 Å². The number of aromatic nitrogens is 3. The molecule has 25 heavy (non-hydrogen) atoms. The van der Waals surface area contributed by atoms with Gasteiger partial charge >= 0.3 is 0 Å². The molecule has 0 radical (unpaired) electrons. The van der Waals surface area contributed by atoms with E-state index in [2.05, 4.69) is 15.1 Å². The van der Waals surface area contributed by atoms with Crippen LogP contribution in [0.5, 0.6) is 0 Å². The summed E-state index contributed by atoms with van der Waals surface area (Å²) in [6.45, 7) is 1.64. The van der Waals surface area contributed by atoms with Crippen LogP contribution in [0.3, 0.4) is 0 Å². The first kappa shape index (κ1) is 16.6. The third-order valence-corrected chi connectivity index (χ3v) is 5.77. The summed E-state index contributed by atoms with van der Waals surface area (Å²) in [5.74, 6) is 3.21.